The Kier molecular flexibility index (Phi) is 5.63. The Morgan fingerprint density at radius 1 is 1.44 bits per heavy atom. The number of hydrogen-bond donors (Lipinski definition) is 4. The van der Waals surface area contributed by atoms with Gasteiger partial charge in [0, 0.05) is 3.57 Å². The Labute approximate surface area is 121 Å². The van der Waals surface area contributed by atoms with E-state index in [0.717, 1.165) is 3.57 Å². The molecular formula is C10H10ClIN2O4. The van der Waals surface area contributed by atoms with Gasteiger partial charge in [-0.25, -0.2) is 9.59 Å². The minimum Gasteiger partial charge on any atom is -0.480 e. The average molecular weight is 385 g/mol. The van der Waals surface area contributed by atoms with Crippen LogP contribution in [0, 0.1) is 3.57 Å². The molecule has 0 aliphatic heterocycles. The van der Waals surface area contributed by atoms with Gasteiger partial charge in [0.25, 0.3) is 0 Å². The predicted molar refractivity (Wildman–Crippen MR) is 74.8 cm³/mol. The maximum Gasteiger partial charge on any atom is 0.328 e. The molecule has 2 amide bonds. The number of amides is 2. The summed E-state index contributed by atoms with van der Waals surface area (Å²) in [5, 5.41) is 22.3. The molecule has 4 N–H and O–H groups in total. The molecule has 0 spiro atoms. The molecule has 0 saturated carbocycles. The first kappa shape index (κ1) is 15.0. The van der Waals surface area contributed by atoms with Crippen molar-refractivity contribution in [2.75, 3.05) is 11.9 Å². The van der Waals surface area contributed by atoms with Crippen molar-refractivity contribution in [3.05, 3.63) is 26.8 Å². The van der Waals surface area contributed by atoms with Crippen molar-refractivity contribution in [2.45, 2.75) is 6.04 Å². The number of carbonyl (C=O) groups is 2. The summed E-state index contributed by atoms with van der Waals surface area (Å²) >= 11 is 7.91. The third kappa shape index (κ3) is 4.31. The minimum absolute atomic E-state index is 0.335. The fraction of sp³-hybridized carbons (Fsp3) is 0.200. The van der Waals surface area contributed by atoms with Gasteiger partial charge in [-0.15, -0.1) is 0 Å². The molecule has 1 rings (SSSR count). The van der Waals surface area contributed by atoms with Crippen molar-refractivity contribution in [3.63, 3.8) is 0 Å². The summed E-state index contributed by atoms with van der Waals surface area (Å²) in [7, 11) is 0. The normalized spacial score (nSPS) is 11.7. The number of anilines is 1. The van der Waals surface area contributed by atoms with Crippen LogP contribution in [0.2, 0.25) is 5.02 Å². The first-order chi connectivity index (χ1) is 8.43. The molecule has 6 nitrogen and oxygen atoms in total. The monoisotopic (exact) mass is 384 g/mol. The van der Waals surface area contributed by atoms with Gasteiger partial charge in [-0.05, 0) is 40.8 Å². The quantitative estimate of drug-likeness (QED) is 0.592. The Morgan fingerprint density at radius 3 is 2.67 bits per heavy atom. The predicted octanol–water partition coefficient (Wildman–Crippen LogP) is 1.51. The van der Waals surface area contributed by atoms with E-state index in [1.54, 1.807) is 18.2 Å². The van der Waals surface area contributed by atoms with E-state index >= 15 is 0 Å². The molecule has 1 aromatic rings. The molecule has 8 heteroatoms. The number of aliphatic hydroxyl groups excluding tert-OH is 1. The van der Waals surface area contributed by atoms with Gasteiger partial charge in [0.2, 0.25) is 0 Å². The fourth-order valence-electron chi connectivity index (χ4n) is 1.10. The molecule has 0 radical (unpaired) electrons. The number of benzene rings is 1. The molecule has 0 aliphatic carbocycles. The Morgan fingerprint density at radius 2 is 2.11 bits per heavy atom. The van der Waals surface area contributed by atoms with E-state index in [9.17, 15) is 9.59 Å². The van der Waals surface area contributed by atoms with Gasteiger partial charge in [-0.1, -0.05) is 11.6 Å². The third-order valence-electron chi connectivity index (χ3n) is 1.96. The summed E-state index contributed by atoms with van der Waals surface area (Å²) in [6, 6.07) is 2.91. The van der Waals surface area contributed by atoms with Crippen LogP contribution in [0.5, 0.6) is 0 Å². The number of rotatable bonds is 4. The van der Waals surface area contributed by atoms with Crippen molar-refractivity contribution in [1.82, 2.24) is 5.32 Å². The summed E-state index contributed by atoms with van der Waals surface area (Å²) in [6.45, 7) is -0.692. The number of carbonyl (C=O) groups excluding carboxylic acids is 1. The number of hydrogen-bond acceptors (Lipinski definition) is 3. The highest BCUT2D eigenvalue weighted by atomic mass is 127. The summed E-state index contributed by atoms with van der Waals surface area (Å²) < 4.78 is 0.865. The van der Waals surface area contributed by atoms with Gasteiger partial charge in [-0.3, -0.25) is 0 Å². The zero-order valence-corrected chi connectivity index (χ0v) is 11.9. The fourth-order valence-corrected chi connectivity index (χ4v) is 1.75. The zero-order chi connectivity index (χ0) is 13.7. The van der Waals surface area contributed by atoms with Crippen LogP contribution in [0.4, 0.5) is 10.5 Å². The molecule has 0 aliphatic rings. The number of aliphatic hydroxyl groups is 1. The van der Waals surface area contributed by atoms with E-state index in [0.29, 0.717) is 10.7 Å². The van der Waals surface area contributed by atoms with Crippen molar-refractivity contribution in [2.24, 2.45) is 0 Å². The van der Waals surface area contributed by atoms with Gasteiger partial charge < -0.3 is 20.8 Å². The Hall–Kier alpha value is -1.06. The second-order valence-corrected chi connectivity index (χ2v) is 4.95. The van der Waals surface area contributed by atoms with Crippen molar-refractivity contribution in [1.29, 1.82) is 0 Å². The molecule has 98 valence electrons. The van der Waals surface area contributed by atoms with Crippen LogP contribution in [-0.4, -0.2) is 34.9 Å². The Bertz CT molecular complexity index is 469. The molecule has 18 heavy (non-hydrogen) atoms. The largest absolute Gasteiger partial charge is 0.480 e. The third-order valence-corrected chi connectivity index (χ3v) is 2.96. The highest BCUT2D eigenvalue weighted by Crippen LogP contribution is 2.23. The summed E-state index contributed by atoms with van der Waals surface area (Å²) in [5.74, 6) is -1.32. The van der Waals surface area contributed by atoms with Crippen LogP contribution in [0.25, 0.3) is 0 Å². The lowest BCUT2D eigenvalue weighted by molar-refractivity contribution is -0.140. The van der Waals surface area contributed by atoms with E-state index in [1.165, 1.54) is 0 Å². The second-order valence-electron chi connectivity index (χ2n) is 3.30. The second kappa shape index (κ2) is 6.76. The molecule has 0 heterocycles. The van der Waals surface area contributed by atoms with Crippen molar-refractivity contribution >= 4 is 51.9 Å². The standard InChI is InChI=1S/C10H10ClIN2O4/c11-6-2-1-5(12)3-7(6)13-10(18)14-8(4-15)9(16)17/h1-3,8,15H,4H2,(H,16,17)(H2,13,14,18). The van der Waals surface area contributed by atoms with Crippen LogP contribution in [0.15, 0.2) is 18.2 Å². The average Bonchev–Trinajstić information content (AvgIpc) is 2.30. The number of aliphatic carboxylic acids is 1. The minimum atomic E-state index is -1.36. The first-order valence-electron chi connectivity index (χ1n) is 4.80. The molecule has 0 bridgehead atoms. The van der Waals surface area contributed by atoms with E-state index < -0.39 is 24.6 Å². The molecule has 1 atom stereocenters. The van der Waals surface area contributed by atoms with Gasteiger partial charge in [-0.2, -0.15) is 0 Å². The van der Waals surface area contributed by atoms with Crippen LogP contribution >= 0.6 is 34.2 Å². The number of nitrogens with one attached hydrogen (secondary N) is 2. The van der Waals surface area contributed by atoms with Crippen molar-refractivity contribution < 1.29 is 19.8 Å². The summed E-state index contributed by atoms with van der Waals surface area (Å²) in [5.41, 5.74) is 0.364. The number of carboxylic acids is 1. The summed E-state index contributed by atoms with van der Waals surface area (Å²) in [6.07, 6.45) is 0. The SMILES string of the molecule is O=C(Nc1cc(I)ccc1Cl)NC(CO)C(=O)O. The van der Waals surface area contributed by atoms with Crippen LogP contribution in [0.1, 0.15) is 0 Å². The number of urea groups is 1. The van der Waals surface area contributed by atoms with Crippen molar-refractivity contribution in [3.8, 4) is 0 Å². The molecule has 1 unspecified atom stereocenters. The zero-order valence-electron chi connectivity index (χ0n) is 8.98. The topological polar surface area (TPSA) is 98.7 Å². The van der Waals surface area contributed by atoms with Crippen LogP contribution in [0.3, 0.4) is 0 Å². The maximum atomic E-state index is 11.5. The molecule has 0 saturated heterocycles. The molecular weight excluding hydrogens is 374 g/mol. The van der Waals surface area contributed by atoms with Gasteiger partial charge in [0.1, 0.15) is 0 Å². The van der Waals surface area contributed by atoms with E-state index in [-0.39, 0.29) is 0 Å². The number of halogens is 2. The maximum absolute atomic E-state index is 11.5. The summed E-state index contributed by atoms with van der Waals surface area (Å²) in [4.78, 5) is 22.1. The van der Waals surface area contributed by atoms with Gasteiger partial charge in [0.15, 0.2) is 6.04 Å². The smallest absolute Gasteiger partial charge is 0.328 e. The van der Waals surface area contributed by atoms with Gasteiger partial charge in [0.05, 0.1) is 17.3 Å². The molecule has 1 aromatic carbocycles. The Balaban J connectivity index is 2.70. The van der Waals surface area contributed by atoms with E-state index in [2.05, 4.69) is 10.6 Å². The van der Waals surface area contributed by atoms with Gasteiger partial charge >= 0.3 is 12.0 Å². The highest BCUT2D eigenvalue weighted by Gasteiger charge is 2.18. The van der Waals surface area contributed by atoms with Crippen LogP contribution < -0.4 is 10.6 Å². The molecule has 0 fully saturated rings. The van der Waals surface area contributed by atoms with E-state index in [1.807, 2.05) is 22.6 Å². The lowest BCUT2D eigenvalue weighted by atomic mass is 10.3. The highest BCUT2D eigenvalue weighted by molar-refractivity contribution is 14.1. The van der Waals surface area contributed by atoms with E-state index in [4.69, 9.17) is 21.8 Å². The number of carboxylic acid groups (broad SMARTS) is 1. The lowest BCUT2D eigenvalue weighted by Crippen LogP contribution is -2.45. The lowest BCUT2D eigenvalue weighted by Gasteiger charge is -2.13. The van der Waals surface area contributed by atoms with Crippen LogP contribution in [-0.2, 0) is 4.79 Å². The molecule has 0 aromatic heterocycles. The first-order valence-corrected chi connectivity index (χ1v) is 6.26.